The molecule has 5 heteroatoms. The van der Waals surface area contributed by atoms with Gasteiger partial charge < -0.3 is 4.90 Å². The maximum Gasteiger partial charge on any atom is 0.303 e. The van der Waals surface area contributed by atoms with E-state index in [-0.39, 0.29) is 29.7 Å². The number of amides is 1. The molecule has 0 aromatic heterocycles. The van der Waals surface area contributed by atoms with Crippen molar-refractivity contribution in [2.24, 2.45) is 16.7 Å². The zero-order valence-electron chi connectivity index (χ0n) is 17.3. The minimum Gasteiger partial charge on any atom is -0.303 e. The number of hydrogen-bond acceptors (Lipinski definition) is 2. The summed E-state index contributed by atoms with van der Waals surface area (Å²) in [7, 11) is 0. The molecule has 0 aromatic carbocycles. The Kier molecular flexibility index (Phi) is 6.15. The summed E-state index contributed by atoms with van der Waals surface area (Å²) >= 11 is 0. The van der Waals surface area contributed by atoms with Crippen molar-refractivity contribution in [3.05, 3.63) is 11.4 Å². The van der Waals surface area contributed by atoms with Crippen molar-refractivity contribution >= 4 is 5.91 Å². The number of carbonyl (C=O) groups excluding carboxylic acids is 1. The quantitative estimate of drug-likeness (QED) is 0.659. The Morgan fingerprint density at radius 1 is 1.22 bits per heavy atom. The second-order valence-electron chi connectivity index (χ2n) is 9.87. The molecule has 2 saturated heterocycles. The van der Waals surface area contributed by atoms with Crippen LogP contribution in [0, 0.1) is 23.3 Å². The third-order valence-electron chi connectivity index (χ3n) is 8.13. The molecule has 4 atom stereocenters. The molecule has 2 heterocycles. The number of piperidine rings is 1. The first-order valence-electron chi connectivity index (χ1n) is 10.8. The molecule has 3 fully saturated rings. The first-order valence-corrected chi connectivity index (χ1v) is 10.8. The molecule has 27 heavy (non-hydrogen) atoms. The van der Waals surface area contributed by atoms with Crippen molar-refractivity contribution in [3.8, 4) is 0 Å². The molecule has 1 amide bonds. The normalized spacial score (nSPS) is 36.7. The van der Waals surface area contributed by atoms with Crippen LogP contribution in [0.15, 0.2) is 0 Å². The Bertz CT molecular complexity index is 581. The minimum atomic E-state index is -1.04. The van der Waals surface area contributed by atoms with Gasteiger partial charge in [-0.1, -0.05) is 27.2 Å². The molecule has 0 spiro atoms. The molecule has 0 bridgehead atoms. The van der Waals surface area contributed by atoms with Crippen LogP contribution >= 0.6 is 0 Å². The Morgan fingerprint density at radius 3 is 2.59 bits per heavy atom. The Labute approximate surface area is 164 Å². The van der Waals surface area contributed by atoms with E-state index in [4.69, 9.17) is 6.57 Å². The Morgan fingerprint density at radius 2 is 1.93 bits per heavy atom. The second kappa shape index (κ2) is 8.07. The van der Waals surface area contributed by atoms with E-state index >= 15 is 0 Å². The molecule has 0 unspecified atom stereocenters. The summed E-state index contributed by atoms with van der Waals surface area (Å²) in [5, 5.41) is 0. The molecule has 152 valence electrons. The molecule has 1 aliphatic carbocycles. The highest BCUT2D eigenvalue weighted by Gasteiger charge is 2.51. The summed E-state index contributed by atoms with van der Waals surface area (Å²) in [4.78, 5) is 20.2. The molecule has 0 N–H and O–H groups in total. The SMILES string of the molecule is [C-]#[N+][C@@H]1C[C@H](F)CN1C(=O)CC[C@]1(C)CC[C@H](CN2CCCCC2)C1(C)C. The van der Waals surface area contributed by atoms with Crippen molar-refractivity contribution in [1.29, 1.82) is 0 Å². The highest BCUT2D eigenvalue weighted by Crippen LogP contribution is 2.58. The highest BCUT2D eigenvalue weighted by molar-refractivity contribution is 5.77. The summed E-state index contributed by atoms with van der Waals surface area (Å²) in [6.07, 6.45) is 6.23. The topological polar surface area (TPSA) is 27.9 Å². The largest absolute Gasteiger partial charge is 0.303 e. The summed E-state index contributed by atoms with van der Waals surface area (Å²) in [5.41, 5.74) is 0.323. The predicted octanol–water partition coefficient (Wildman–Crippen LogP) is 4.51. The Hall–Kier alpha value is -1.15. The minimum absolute atomic E-state index is 0.0346. The monoisotopic (exact) mass is 377 g/mol. The lowest BCUT2D eigenvalue weighted by Crippen LogP contribution is -2.42. The lowest BCUT2D eigenvalue weighted by Gasteiger charge is -2.44. The molecular weight excluding hydrogens is 341 g/mol. The van der Waals surface area contributed by atoms with Gasteiger partial charge in [-0.3, -0.25) is 14.5 Å². The molecule has 1 saturated carbocycles. The number of rotatable bonds is 5. The van der Waals surface area contributed by atoms with Gasteiger partial charge in [-0.25, -0.2) is 11.0 Å². The lowest BCUT2D eigenvalue weighted by atomic mass is 9.63. The maximum absolute atomic E-state index is 13.6. The summed E-state index contributed by atoms with van der Waals surface area (Å²) in [6.45, 7) is 18.1. The number of nitrogens with zero attached hydrogens (tertiary/aromatic N) is 3. The molecular formula is C22H36FN3O. The predicted molar refractivity (Wildman–Crippen MR) is 106 cm³/mol. The van der Waals surface area contributed by atoms with Gasteiger partial charge in [-0.2, -0.15) is 0 Å². The molecule has 2 aliphatic heterocycles. The van der Waals surface area contributed by atoms with Crippen LogP contribution in [-0.2, 0) is 4.79 Å². The van der Waals surface area contributed by atoms with Gasteiger partial charge in [0.2, 0.25) is 5.91 Å². The van der Waals surface area contributed by atoms with E-state index in [2.05, 4.69) is 30.5 Å². The van der Waals surface area contributed by atoms with E-state index in [1.165, 1.54) is 50.2 Å². The van der Waals surface area contributed by atoms with Crippen LogP contribution in [0.2, 0.25) is 0 Å². The van der Waals surface area contributed by atoms with Crippen LogP contribution in [0.1, 0.15) is 72.1 Å². The maximum atomic E-state index is 13.6. The van der Waals surface area contributed by atoms with Gasteiger partial charge in [0.15, 0.2) is 0 Å². The standard InChI is InChI=1S/C22H36FN3O/c1-21(2)17(15-25-12-6-5-7-13-25)8-10-22(21,3)11-9-20(27)26-16-18(23)14-19(26)24-4/h17-19H,5-16H2,1-3H3/t17-,18+,19+,22+/m1/s1. The zero-order chi connectivity index (χ0) is 19.7. The highest BCUT2D eigenvalue weighted by atomic mass is 19.1. The van der Waals surface area contributed by atoms with E-state index < -0.39 is 12.3 Å². The molecule has 3 rings (SSSR count). The smallest absolute Gasteiger partial charge is 0.303 e. The second-order valence-corrected chi connectivity index (χ2v) is 9.87. The Balaban J connectivity index is 1.57. The average Bonchev–Trinajstić information content (AvgIpc) is 3.13. The zero-order valence-corrected chi connectivity index (χ0v) is 17.3. The van der Waals surface area contributed by atoms with Crippen LogP contribution < -0.4 is 0 Å². The number of likely N-dealkylation sites (tertiary alicyclic amines) is 2. The first-order chi connectivity index (χ1) is 12.8. The number of alkyl halides is 1. The van der Waals surface area contributed by atoms with Crippen LogP contribution in [0.3, 0.4) is 0 Å². The van der Waals surface area contributed by atoms with E-state index in [1.807, 2.05) is 0 Å². The fraction of sp³-hybridized carbons (Fsp3) is 0.909. The fourth-order valence-corrected chi connectivity index (χ4v) is 5.57. The number of carbonyl (C=O) groups is 1. The van der Waals surface area contributed by atoms with E-state index in [0.717, 1.165) is 12.8 Å². The molecule has 0 aromatic rings. The van der Waals surface area contributed by atoms with Crippen molar-refractivity contribution < 1.29 is 9.18 Å². The summed E-state index contributed by atoms with van der Waals surface area (Å²) < 4.78 is 13.6. The number of hydrogen-bond donors (Lipinski definition) is 0. The van der Waals surface area contributed by atoms with Crippen LogP contribution in [0.5, 0.6) is 0 Å². The van der Waals surface area contributed by atoms with Gasteiger partial charge in [-0.05, 0) is 61.9 Å². The first kappa shape index (κ1) is 20.6. The van der Waals surface area contributed by atoms with Crippen molar-refractivity contribution in [1.82, 2.24) is 9.80 Å². The van der Waals surface area contributed by atoms with Gasteiger partial charge >= 0.3 is 6.17 Å². The van der Waals surface area contributed by atoms with Crippen LogP contribution in [0.4, 0.5) is 4.39 Å². The fourth-order valence-electron chi connectivity index (χ4n) is 5.57. The van der Waals surface area contributed by atoms with Gasteiger partial charge in [-0.15, -0.1) is 0 Å². The summed E-state index contributed by atoms with van der Waals surface area (Å²) in [6, 6.07) is 0. The third kappa shape index (κ3) is 4.16. The van der Waals surface area contributed by atoms with Crippen molar-refractivity contribution in [2.75, 3.05) is 26.2 Å². The van der Waals surface area contributed by atoms with Gasteiger partial charge in [0.25, 0.3) is 0 Å². The van der Waals surface area contributed by atoms with Gasteiger partial charge in [0, 0.05) is 13.0 Å². The molecule has 3 aliphatic rings. The molecule has 4 nitrogen and oxygen atoms in total. The number of halogens is 1. The average molecular weight is 378 g/mol. The van der Waals surface area contributed by atoms with Crippen molar-refractivity contribution in [3.63, 3.8) is 0 Å². The van der Waals surface area contributed by atoms with E-state index in [0.29, 0.717) is 12.3 Å². The van der Waals surface area contributed by atoms with E-state index in [9.17, 15) is 9.18 Å². The molecule has 0 radical (unpaired) electrons. The van der Waals surface area contributed by atoms with Gasteiger partial charge in [0.1, 0.15) is 6.17 Å². The van der Waals surface area contributed by atoms with Gasteiger partial charge in [0.05, 0.1) is 13.0 Å². The third-order valence-corrected chi connectivity index (χ3v) is 8.13. The summed E-state index contributed by atoms with van der Waals surface area (Å²) in [5.74, 6) is 0.640. The van der Waals surface area contributed by atoms with Crippen molar-refractivity contribution in [2.45, 2.75) is 84.5 Å². The van der Waals surface area contributed by atoms with Crippen LogP contribution in [-0.4, -0.2) is 54.2 Å². The van der Waals surface area contributed by atoms with E-state index in [1.54, 1.807) is 0 Å². The lowest BCUT2D eigenvalue weighted by molar-refractivity contribution is -0.132. The van der Waals surface area contributed by atoms with Crippen LogP contribution in [0.25, 0.3) is 4.85 Å².